The standard InChI is InChI=1S/C17H29N3/c1-4-7-8-17-19-15(5-2)14(16(6-3)20-17)11-12-18-13-9-10-13/h13,18H,4-12H2,1-3H3. The van der Waals surface area contributed by atoms with Crippen LogP contribution in [0.25, 0.3) is 0 Å². The topological polar surface area (TPSA) is 37.8 Å². The molecule has 0 unspecified atom stereocenters. The Morgan fingerprint density at radius 3 is 2.15 bits per heavy atom. The summed E-state index contributed by atoms with van der Waals surface area (Å²) in [7, 11) is 0. The highest BCUT2D eigenvalue weighted by atomic mass is 14.9. The summed E-state index contributed by atoms with van der Waals surface area (Å²) in [6, 6.07) is 0.787. The maximum atomic E-state index is 4.81. The van der Waals surface area contributed by atoms with Gasteiger partial charge in [-0.15, -0.1) is 0 Å². The Kier molecular flexibility index (Phi) is 5.96. The summed E-state index contributed by atoms with van der Waals surface area (Å²) in [4.78, 5) is 9.62. The van der Waals surface area contributed by atoms with Crippen LogP contribution in [0.5, 0.6) is 0 Å². The number of hydrogen-bond donors (Lipinski definition) is 1. The number of aromatic nitrogens is 2. The van der Waals surface area contributed by atoms with Crippen LogP contribution in [0.4, 0.5) is 0 Å². The Morgan fingerprint density at radius 1 is 1.00 bits per heavy atom. The van der Waals surface area contributed by atoms with Gasteiger partial charge >= 0.3 is 0 Å². The smallest absolute Gasteiger partial charge is 0.128 e. The molecule has 20 heavy (non-hydrogen) atoms. The second-order valence-electron chi connectivity index (χ2n) is 5.80. The average Bonchev–Trinajstić information content (AvgIpc) is 3.29. The molecule has 1 aliphatic carbocycles. The van der Waals surface area contributed by atoms with E-state index in [1.54, 1.807) is 0 Å². The summed E-state index contributed by atoms with van der Waals surface area (Å²) < 4.78 is 0. The monoisotopic (exact) mass is 275 g/mol. The van der Waals surface area contributed by atoms with E-state index in [4.69, 9.17) is 9.97 Å². The van der Waals surface area contributed by atoms with Crippen molar-refractivity contribution in [3.05, 3.63) is 22.8 Å². The molecule has 1 saturated carbocycles. The van der Waals surface area contributed by atoms with Crippen molar-refractivity contribution in [3.63, 3.8) is 0 Å². The number of hydrogen-bond acceptors (Lipinski definition) is 3. The van der Waals surface area contributed by atoms with Gasteiger partial charge in [-0.3, -0.25) is 0 Å². The Morgan fingerprint density at radius 2 is 1.65 bits per heavy atom. The van der Waals surface area contributed by atoms with Crippen molar-refractivity contribution in [1.29, 1.82) is 0 Å². The maximum absolute atomic E-state index is 4.81. The van der Waals surface area contributed by atoms with Crippen molar-refractivity contribution in [2.75, 3.05) is 6.54 Å². The zero-order valence-electron chi connectivity index (χ0n) is 13.3. The van der Waals surface area contributed by atoms with Gasteiger partial charge in [0, 0.05) is 23.9 Å². The van der Waals surface area contributed by atoms with Crippen LogP contribution in [0.3, 0.4) is 0 Å². The van der Waals surface area contributed by atoms with E-state index in [0.29, 0.717) is 0 Å². The van der Waals surface area contributed by atoms with E-state index >= 15 is 0 Å². The number of rotatable bonds is 9. The lowest BCUT2D eigenvalue weighted by atomic mass is 10.0. The molecule has 1 heterocycles. The van der Waals surface area contributed by atoms with Gasteiger partial charge in [0.1, 0.15) is 5.82 Å². The van der Waals surface area contributed by atoms with Crippen molar-refractivity contribution >= 4 is 0 Å². The molecular formula is C17H29N3. The lowest BCUT2D eigenvalue weighted by molar-refractivity contribution is 0.664. The van der Waals surface area contributed by atoms with Gasteiger partial charge in [-0.1, -0.05) is 27.2 Å². The molecule has 1 aromatic rings. The Hall–Kier alpha value is -0.960. The van der Waals surface area contributed by atoms with Crippen molar-refractivity contribution in [2.24, 2.45) is 0 Å². The number of nitrogens with one attached hydrogen (secondary N) is 1. The molecule has 2 rings (SSSR count). The average molecular weight is 275 g/mol. The summed E-state index contributed by atoms with van der Waals surface area (Å²) in [6.07, 6.45) is 9.25. The molecule has 1 aliphatic rings. The minimum atomic E-state index is 0.787. The van der Waals surface area contributed by atoms with Crippen LogP contribution in [0, 0.1) is 0 Å². The molecule has 0 aromatic carbocycles. The summed E-state index contributed by atoms with van der Waals surface area (Å²) in [5.41, 5.74) is 3.96. The van der Waals surface area contributed by atoms with E-state index in [1.807, 2.05) is 0 Å². The minimum absolute atomic E-state index is 0.787. The van der Waals surface area contributed by atoms with Crippen LogP contribution >= 0.6 is 0 Å². The van der Waals surface area contributed by atoms with E-state index in [0.717, 1.165) is 44.1 Å². The first-order chi connectivity index (χ1) is 9.78. The van der Waals surface area contributed by atoms with E-state index < -0.39 is 0 Å². The highest BCUT2D eigenvalue weighted by molar-refractivity contribution is 5.27. The van der Waals surface area contributed by atoms with Crippen LogP contribution in [0.15, 0.2) is 0 Å². The summed E-state index contributed by atoms with van der Waals surface area (Å²) >= 11 is 0. The molecule has 0 aliphatic heterocycles. The lowest BCUT2D eigenvalue weighted by Gasteiger charge is -2.14. The van der Waals surface area contributed by atoms with Crippen LogP contribution < -0.4 is 5.32 Å². The van der Waals surface area contributed by atoms with Gasteiger partial charge in [-0.2, -0.15) is 0 Å². The van der Waals surface area contributed by atoms with Gasteiger partial charge in [0.2, 0.25) is 0 Å². The van der Waals surface area contributed by atoms with Gasteiger partial charge in [0.15, 0.2) is 0 Å². The molecule has 0 spiro atoms. The Balaban J connectivity index is 2.09. The minimum Gasteiger partial charge on any atom is -0.314 e. The summed E-state index contributed by atoms with van der Waals surface area (Å²) in [5.74, 6) is 1.06. The highest BCUT2D eigenvalue weighted by Gasteiger charge is 2.20. The van der Waals surface area contributed by atoms with Gasteiger partial charge < -0.3 is 5.32 Å². The molecular weight excluding hydrogens is 246 g/mol. The molecule has 3 heteroatoms. The predicted molar refractivity (Wildman–Crippen MR) is 84.1 cm³/mol. The predicted octanol–water partition coefficient (Wildman–Crippen LogP) is 3.24. The first kappa shape index (κ1) is 15.4. The molecule has 3 nitrogen and oxygen atoms in total. The van der Waals surface area contributed by atoms with Gasteiger partial charge in [-0.25, -0.2) is 9.97 Å². The normalized spacial score (nSPS) is 14.8. The quantitative estimate of drug-likeness (QED) is 0.752. The number of unbranched alkanes of at least 4 members (excludes halogenated alkanes) is 1. The lowest BCUT2D eigenvalue weighted by Crippen LogP contribution is -2.21. The fraction of sp³-hybridized carbons (Fsp3) is 0.765. The second-order valence-corrected chi connectivity index (χ2v) is 5.80. The molecule has 0 radical (unpaired) electrons. The first-order valence-corrected chi connectivity index (χ1v) is 8.39. The fourth-order valence-electron chi connectivity index (χ4n) is 2.65. The molecule has 0 saturated heterocycles. The van der Waals surface area contributed by atoms with Crippen molar-refractivity contribution in [3.8, 4) is 0 Å². The highest BCUT2D eigenvalue weighted by Crippen LogP contribution is 2.19. The van der Waals surface area contributed by atoms with Gasteiger partial charge in [0.25, 0.3) is 0 Å². The number of nitrogens with zero attached hydrogens (tertiary/aromatic N) is 2. The number of aryl methyl sites for hydroxylation is 3. The zero-order chi connectivity index (χ0) is 14.4. The Labute approximate surface area is 123 Å². The van der Waals surface area contributed by atoms with E-state index in [-0.39, 0.29) is 0 Å². The molecule has 0 atom stereocenters. The second kappa shape index (κ2) is 7.72. The zero-order valence-corrected chi connectivity index (χ0v) is 13.3. The first-order valence-electron chi connectivity index (χ1n) is 8.39. The van der Waals surface area contributed by atoms with E-state index in [1.165, 1.54) is 42.6 Å². The van der Waals surface area contributed by atoms with Crippen molar-refractivity contribution in [2.45, 2.75) is 78.2 Å². The third-order valence-corrected chi connectivity index (χ3v) is 4.03. The van der Waals surface area contributed by atoms with Crippen LogP contribution in [-0.2, 0) is 25.7 Å². The summed E-state index contributed by atoms with van der Waals surface area (Å²) in [5, 5.41) is 3.60. The molecule has 1 N–H and O–H groups in total. The molecule has 112 valence electrons. The van der Waals surface area contributed by atoms with Crippen molar-refractivity contribution < 1.29 is 0 Å². The summed E-state index contributed by atoms with van der Waals surface area (Å²) in [6.45, 7) is 7.72. The van der Waals surface area contributed by atoms with Crippen molar-refractivity contribution in [1.82, 2.24) is 15.3 Å². The van der Waals surface area contributed by atoms with Gasteiger partial charge in [0.05, 0.1) is 0 Å². The third kappa shape index (κ3) is 4.27. The molecule has 0 bridgehead atoms. The molecule has 0 amide bonds. The van der Waals surface area contributed by atoms with Crippen LogP contribution in [-0.4, -0.2) is 22.6 Å². The molecule has 1 aromatic heterocycles. The van der Waals surface area contributed by atoms with Crippen LogP contribution in [0.1, 0.15) is 69.2 Å². The van der Waals surface area contributed by atoms with E-state index in [2.05, 4.69) is 26.1 Å². The third-order valence-electron chi connectivity index (χ3n) is 4.03. The largest absolute Gasteiger partial charge is 0.314 e. The SMILES string of the molecule is CCCCc1nc(CC)c(CCNC2CC2)c(CC)n1. The van der Waals surface area contributed by atoms with Crippen LogP contribution in [0.2, 0.25) is 0 Å². The van der Waals surface area contributed by atoms with E-state index in [9.17, 15) is 0 Å². The maximum Gasteiger partial charge on any atom is 0.128 e. The Bertz CT molecular complexity index is 399. The fourth-order valence-corrected chi connectivity index (χ4v) is 2.65. The molecule has 1 fully saturated rings. The van der Waals surface area contributed by atoms with Gasteiger partial charge in [-0.05, 0) is 50.6 Å².